The summed E-state index contributed by atoms with van der Waals surface area (Å²) in [6.45, 7) is 5.89. The van der Waals surface area contributed by atoms with Crippen molar-refractivity contribution in [2.45, 2.75) is 26.9 Å². The lowest BCUT2D eigenvalue weighted by atomic mass is 10.1. The third kappa shape index (κ3) is 3.55. The predicted molar refractivity (Wildman–Crippen MR) is 74.9 cm³/mol. The second kappa shape index (κ2) is 6.17. The summed E-state index contributed by atoms with van der Waals surface area (Å²) in [5, 5.41) is 8.06. The van der Waals surface area contributed by atoms with Crippen LogP contribution in [0.25, 0.3) is 0 Å². The zero-order valence-electron chi connectivity index (χ0n) is 11.1. The summed E-state index contributed by atoms with van der Waals surface area (Å²) in [4.78, 5) is 0. The van der Waals surface area contributed by atoms with Crippen molar-refractivity contribution in [3.05, 3.63) is 52.1 Å². The van der Waals surface area contributed by atoms with Crippen molar-refractivity contribution < 1.29 is 4.39 Å². The van der Waals surface area contributed by atoms with Gasteiger partial charge in [-0.1, -0.05) is 24.6 Å². The highest BCUT2D eigenvalue weighted by atomic mass is 35.5. The van der Waals surface area contributed by atoms with Crippen molar-refractivity contribution in [2.24, 2.45) is 0 Å². The third-order valence-electron chi connectivity index (χ3n) is 2.91. The molecule has 0 fully saturated rings. The van der Waals surface area contributed by atoms with Crippen LogP contribution in [0.15, 0.2) is 24.4 Å². The van der Waals surface area contributed by atoms with Crippen LogP contribution in [0.3, 0.4) is 0 Å². The minimum atomic E-state index is -0.218. The van der Waals surface area contributed by atoms with Crippen LogP contribution in [0.4, 0.5) is 4.39 Å². The number of aryl methyl sites for hydroxylation is 1. The standard InChI is InChI=1S/C14H17ClFN3/c1-3-17-7-11-4-5-14(16)12(6-11)8-19-9-13(15)10(2)18-19/h4-6,9,17H,3,7-8H2,1-2H3. The second-order valence-corrected chi connectivity index (χ2v) is 4.87. The van der Waals surface area contributed by atoms with Gasteiger partial charge < -0.3 is 5.32 Å². The van der Waals surface area contributed by atoms with Crippen LogP contribution in [0.2, 0.25) is 5.02 Å². The molecule has 2 rings (SSSR count). The summed E-state index contributed by atoms with van der Waals surface area (Å²) in [6.07, 6.45) is 1.72. The molecule has 0 bridgehead atoms. The number of aromatic nitrogens is 2. The van der Waals surface area contributed by atoms with Crippen LogP contribution in [0.5, 0.6) is 0 Å². The lowest BCUT2D eigenvalue weighted by Crippen LogP contribution is -2.12. The molecular formula is C14H17ClFN3. The molecule has 0 atom stereocenters. The van der Waals surface area contributed by atoms with Gasteiger partial charge in [-0.25, -0.2) is 4.39 Å². The number of hydrogen-bond donors (Lipinski definition) is 1. The Bertz CT molecular complexity index is 546. The van der Waals surface area contributed by atoms with Crippen LogP contribution < -0.4 is 5.32 Å². The minimum Gasteiger partial charge on any atom is -0.313 e. The van der Waals surface area contributed by atoms with Crippen LogP contribution in [0.1, 0.15) is 23.7 Å². The summed E-state index contributed by atoms with van der Waals surface area (Å²) >= 11 is 5.95. The fraction of sp³-hybridized carbons (Fsp3) is 0.357. The molecule has 0 unspecified atom stereocenters. The van der Waals surface area contributed by atoms with Crippen molar-refractivity contribution >= 4 is 11.6 Å². The molecule has 1 aromatic heterocycles. The van der Waals surface area contributed by atoms with Crippen molar-refractivity contribution in [1.29, 1.82) is 0 Å². The van der Waals surface area contributed by atoms with Gasteiger partial charge in [0.05, 0.1) is 17.3 Å². The predicted octanol–water partition coefficient (Wildman–Crippen LogP) is 3.14. The SMILES string of the molecule is CCNCc1ccc(F)c(Cn2cc(Cl)c(C)n2)c1. The Hall–Kier alpha value is -1.39. The maximum Gasteiger partial charge on any atom is 0.128 e. The fourth-order valence-corrected chi connectivity index (χ4v) is 2.03. The molecular weight excluding hydrogens is 265 g/mol. The molecule has 0 radical (unpaired) electrons. The molecule has 3 nitrogen and oxygen atoms in total. The number of benzene rings is 1. The van der Waals surface area contributed by atoms with E-state index in [4.69, 9.17) is 11.6 Å². The van der Waals surface area contributed by atoms with Gasteiger partial charge in [0.15, 0.2) is 0 Å². The van der Waals surface area contributed by atoms with E-state index in [0.717, 1.165) is 24.3 Å². The Labute approximate surface area is 117 Å². The van der Waals surface area contributed by atoms with E-state index >= 15 is 0 Å². The Balaban J connectivity index is 2.18. The number of nitrogens with zero attached hydrogens (tertiary/aromatic N) is 2. The molecule has 5 heteroatoms. The highest BCUT2D eigenvalue weighted by Crippen LogP contribution is 2.16. The number of halogens is 2. The third-order valence-corrected chi connectivity index (χ3v) is 3.28. The zero-order valence-corrected chi connectivity index (χ0v) is 11.8. The van der Waals surface area contributed by atoms with Gasteiger partial charge in [0.1, 0.15) is 5.82 Å². The Morgan fingerprint density at radius 1 is 1.42 bits per heavy atom. The molecule has 0 aliphatic carbocycles. The van der Waals surface area contributed by atoms with Gasteiger partial charge in [-0.2, -0.15) is 5.10 Å². The highest BCUT2D eigenvalue weighted by Gasteiger charge is 2.07. The van der Waals surface area contributed by atoms with Crippen molar-refractivity contribution in [3.8, 4) is 0 Å². The van der Waals surface area contributed by atoms with Crippen molar-refractivity contribution in [1.82, 2.24) is 15.1 Å². The van der Waals surface area contributed by atoms with Gasteiger partial charge in [-0.3, -0.25) is 4.68 Å². The first-order valence-electron chi connectivity index (χ1n) is 6.27. The van der Waals surface area contributed by atoms with Crippen LogP contribution >= 0.6 is 11.6 Å². The molecule has 0 spiro atoms. The van der Waals surface area contributed by atoms with E-state index in [1.165, 1.54) is 6.07 Å². The smallest absolute Gasteiger partial charge is 0.128 e. The molecule has 1 aromatic carbocycles. The average molecular weight is 282 g/mol. The van der Waals surface area contributed by atoms with E-state index < -0.39 is 0 Å². The van der Waals surface area contributed by atoms with Gasteiger partial charge in [0.2, 0.25) is 0 Å². The number of rotatable bonds is 5. The maximum absolute atomic E-state index is 13.8. The molecule has 0 amide bonds. The molecule has 19 heavy (non-hydrogen) atoms. The van der Waals surface area contributed by atoms with E-state index in [1.807, 2.05) is 19.9 Å². The fourth-order valence-electron chi connectivity index (χ4n) is 1.88. The molecule has 0 saturated carbocycles. The summed E-state index contributed by atoms with van der Waals surface area (Å²) < 4.78 is 15.5. The van der Waals surface area contributed by atoms with Gasteiger partial charge in [-0.05, 0) is 31.2 Å². The molecule has 2 aromatic rings. The van der Waals surface area contributed by atoms with Crippen LogP contribution in [-0.4, -0.2) is 16.3 Å². The van der Waals surface area contributed by atoms with E-state index in [9.17, 15) is 4.39 Å². The highest BCUT2D eigenvalue weighted by molar-refractivity contribution is 6.31. The van der Waals surface area contributed by atoms with Crippen LogP contribution in [-0.2, 0) is 13.1 Å². The summed E-state index contributed by atoms with van der Waals surface area (Å²) in [7, 11) is 0. The summed E-state index contributed by atoms with van der Waals surface area (Å²) in [6, 6.07) is 5.16. The Morgan fingerprint density at radius 2 is 2.21 bits per heavy atom. The van der Waals surface area contributed by atoms with Gasteiger partial charge in [0.25, 0.3) is 0 Å². The second-order valence-electron chi connectivity index (χ2n) is 4.47. The zero-order chi connectivity index (χ0) is 13.8. The lowest BCUT2D eigenvalue weighted by Gasteiger charge is -2.07. The topological polar surface area (TPSA) is 29.9 Å². The van der Waals surface area contributed by atoms with Crippen molar-refractivity contribution in [2.75, 3.05) is 6.54 Å². The lowest BCUT2D eigenvalue weighted by molar-refractivity contribution is 0.581. The maximum atomic E-state index is 13.8. The molecule has 102 valence electrons. The first-order chi connectivity index (χ1) is 9.10. The molecule has 0 aliphatic heterocycles. The van der Waals surface area contributed by atoms with E-state index in [0.29, 0.717) is 17.1 Å². The average Bonchev–Trinajstić information content (AvgIpc) is 2.69. The van der Waals surface area contributed by atoms with E-state index in [1.54, 1.807) is 16.9 Å². The first kappa shape index (κ1) is 14.0. The molecule has 1 N–H and O–H groups in total. The minimum absolute atomic E-state index is 0.218. The Morgan fingerprint density at radius 3 is 2.84 bits per heavy atom. The Kier molecular flexibility index (Phi) is 4.56. The van der Waals surface area contributed by atoms with Crippen molar-refractivity contribution in [3.63, 3.8) is 0 Å². The van der Waals surface area contributed by atoms with Crippen LogP contribution in [0, 0.1) is 12.7 Å². The largest absolute Gasteiger partial charge is 0.313 e. The first-order valence-corrected chi connectivity index (χ1v) is 6.65. The molecule has 1 heterocycles. The molecule has 0 aliphatic rings. The number of nitrogens with one attached hydrogen (secondary N) is 1. The summed E-state index contributed by atoms with van der Waals surface area (Å²) in [5.41, 5.74) is 2.44. The quantitative estimate of drug-likeness (QED) is 0.912. The van der Waals surface area contributed by atoms with Gasteiger partial charge >= 0.3 is 0 Å². The number of hydrogen-bond acceptors (Lipinski definition) is 2. The van der Waals surface area contributed by atoms with E-state index in [2.05, 4.69) is 10.4 Å². The summed E-state index contributed by atoms with van der Waals surface area (Å²) in [5.74, 6) is -0.218. The normalized spacial score (nSPS) is 10.9. The van der Waals surface area contributed by atoms with Gasteiger partial charge in [0, 0.05) is 18.3 Å². The molecule has 0 saturated heterocycles. The monoisotopic (exact) mass is 281 g/mol. The van der Waals surface area contributed by atoms with E-state index in [-0.39, 0.29) is 5.82 Å². The van der Waals surface area contributed by atoms with Gasteiger partial charge in [-0.15, -0.1) is 0 Å².